The van der Waals surface area contributed by atoms with Gasteiger partial charge < -0.3 is 25.0 Å². The number of ether oxygens (including phenoxy) is 2. The summed E-state index contributed by atoms with van der Waals surface area (Å²) in [7, 11) is 3.70. The number of carbonyl (C=O) groups is 2. The van der Waals surface area contributed by atoms with E-state index in [2.05, 4.69) is 10.6 Å². The second-order valence-corrected chi connectivity index (χ2v) is 5.99. The van der Waals surface area contributed by atoms with Crippen molar-refractivity contribution in [2.45, 2.75) is 6.04 Å². The quantitative estimate of drug-likeness (QED) is 0.774. The average molecular weight is 334 g/mol. The highest BCUT2D eigenvalue weighted by Gasteiger charge is 2.26. The zero-order valence-electron chi connectivity index (χ0n) is 13.9. The van der Waals surface area contributed by atoms with Gasteiger partial charge in [-0.05, 0) is 31.8 Å². The molecule has 0 aliphatic carbocycles. The second-order valence-electron chi connectivity index (χ2n) is 5.99. The molecule has 2 aliphatic rings. The molecule has 2 N–H and O–H groups in total. The summed E-state index contributed by atoms with van der Waals surface area (Å²) in [5.41, 5.74) is 0.834. The summed E-state index contributed by atoms with van der Waals surface area (Å²) < 4.78 is 10.7. The Labute approximate surface area is 140 Å². The van der Waals surface area contributed by atoms with Crippen LogP contribution in [0, 0.1) is 0 Å². The number of hydrogen-bond donors (Lipinski definition) is 2. The van der Waals surface area contributed by atoms with Crippen molar-refractivity contribution in [1.82, 2.24) is 20.4 Å². The van der Waals surface area contributed by atoms with Crippen LogP contribution >= 0.6 is 0 Å². The number of likely N-dealkylation sites (N-methyl/N-ethyl adjacent to an activating group) is 1. The van der Waals surface area contributed by atoms with Gasteiger partial charge in [0, 0.05) is 26.2 Å². The third-order valence-corrected chi connectivity index (χ3v) is 4.10. The van der Waals surface area contributed by atoms with Gasteiger partial charge in [-0.15, -0.1) is 0 Å². The van der Waals surface area contributed by atoms with Gasteiger partial charge in [0.15, 0.2) is 11.5 Å². The van der Waals surface area contributed by atoms with Crippen LogP contribution in [0.4, 0.5) is 4.79 Å². The molecule has 0 radical (unpaired) electrons. The molecule has 8 heteroatoms. The summed E-state index contributed by atoms with van der Waals surface area (Å²) in [6.07, 6.45) is 0. The summed E-state index contributed by atoms with van der Waals surface area (Å²) in [6, 6.07) is 5.00. The molecule has 24 heavy (non-hydrogen) atoms. The van der Waals surface area contributed by atoms with E-state index in [1.54, 1.807) is 4.90 Å². The SMILES string of the molecule is CN(C)[C@@H](C(=O)NCCN1CCNC1=O)c1ccc2c(c1)OCO2. The molecule has 1 saturated heterocycles. The van der Waals surface area contributed by atoms with Crippen molar-refractivity contribution in [3.05, 3.63) is 23.8 Å². The maximum absolute atomic E-state index is 12.6. The molecule has 1 aromatic carbocycles. The topological polar surface area (TPSA) is 83.1 Å². The number of hydrogen-bond acceptors (Lipinski definition) is 5. The van der Waals surface area contributed by atoms with Crippen LogP contribution in [-0.4, -0.2) is 68.8 Å². The third kappa shape index (κ3) is 3.38. The van der Waals surface area contributed by atoms with E-state index in [4.69, 9.17) is 9.47 Å². The van der Waals surface area contributed by atoms with Crippen LogP contribution in [0.15, 0.2) is 18.2 Å². The standard InChI is InChI=1S/C16H22N4O4/c1-19(2)14(11-3-4-12-13(9-11)24-10-23-12)15(21)17-5-7-20-8-6-18-16(20)22/h3-4,9,14H,5-8,10H2,1-2H3,(H,17,21)(H,18,22)/t14-/m1/s1. The van der Waals surface area contributed by atoms with Crippen LogP contribution in [0.1, 0.15) is 11.6 Å². The highest BCUT2D eigenvalue weighted by molar-refractivity contribution is 5.83. The van der Waals surface area contributed by atoms with Crippen LogP contribution < -0.4 is 20.1 Å². The summed E-state index contributed by atoms with van der Waals surface area (Å²) in [5.74, 6) is 1.23. The molecule has 8 nitrogen and oxygen atoms in total. The fourth-order valence-electron chi connectivity index (χ4n) is 2.90. The number of urea groups is 1. The fourth-order valence-corrected chi connectivity index (χ4v) is 2.90. The van der Waals surface area contributed by atoms with Crippen LogP contribution in [0.3, 0.4) is 0 Å². The number of fused-ring (bicyclic) bond motifs is 1. The van der Waals surface area contributed by atoms with Crippen LogP contribution in [0.5, 0.6) is 11.5 Å². The number of carbonyl (C=O) groups excluding carboxylic acids is 2. The molecule has 130 valence electrons. The van der Waals surface area contributed by atoms with E-state index >= 15 is 0 Å². The van der Waals surface area contributed by atoms with Gasteiger partial charge >= 0.3 is 6.03 Å². The van der Waals surface area contributed by atoms with E-state index in [-0.39, 0.29) is 18.7 Å². The molecular weight excluding hydrogens is 312 g/mol. The van der Waals surface area contributed by atoms with Gasteiger partial charge in [0.2, 0.25) is 12.7 Å². The Kier molecular flexibility index (Phi) is 4.75. The Morgan fingerprint density at radius 3 is 2.88 bits per heavy atom. The lowest BCUT2D eigenvalue weighted by Crippen LogP contribution is -2.41. The van der Waals surface area contributed by atoms with Gasteiger partial charge in [-0.25, -0.2) is 4.79 Å². The normalized spacial score (nSPS) is 17.1. The van der Waals surface area contributed by atoms with Gasteiger partial charge in [0.05, 0.1) is 0 Å². The third-order valence-electron chi connectivity index (χ3n) is 4.10. The summed E-state index contributed by atoms with van der Waals surface area (Å²) >= 11 is 0. The molecule has 2 heterocycles. The molecule has 3 rings (SSSR count). The second kappa shape index (κ2) is 6.96. The van der Waals surface area contributed by atoms with E-state index < -0.39 is 6.04 Å². The van der Waals surface area contributed by atoms with Crippen LogP contribution in [0.25, 0.3) is 0 Å². The van der Waals surface area contributed by atoms with E-state index in [1.165, 1.54) is 0 Å². The Balaban J connectivity index is 1.62. The monoisotopic (exact) mass is 334 g/mol. The van der Waals surface area contributed by atoms with E-state index in [0.717, 1.165) is 5.56 Å². The van der Waals surface area contributed by atoms with Crippen molar-refractivity contribution in [2.75, 3.05) is 47.1 Å². The maximum Gasteiger partial charge on any atom is 0.317 e. The van der Waals surface area contributed by atoms with Gasteiger partial charge in [-0.1, -0.05) is 6.07 Å². The van der Waals surface area contributed by atoms with Gasteiger partial charge in [0.25, 0.3) is 0 Å². The van der Waals surface area contributed by atoms with Crippen molar-refractivity contribution in [2.24, 2.45) is 0 Å². The molecule has 0 unspecified atom stereocenters. The summed E-state index contributed by atoms with van der Waals surface area (Å²) in [4.78, 5) is 27.6. The predicted octanol–water partition coefficient (Wildman–Crippen LogP) is 0.159. The zero-order chi connectivity index (χ0) is 17.1. The van der Waals surface area contributed by atoms with E-state index in [9.17, 15) is 9.59 Å². The number of amides is 3. The fraction of sp³-hybridized carbons (Fsp3) is 0.500. The molecule has 0 aromatic heterocycles. The van der Waals surface area contributed by atoms with Gasteiger partial charge in [-0.2, -0.15) is 0 Å². The zero-order valence-corrected chi connectivity index (χ0v) is 13.9. The largest absolute Gasteiger partial charge is 0.454 e. The molecule has 1 fully saturated rings. The molecule has 1 aromatic rings. The number of nitrogens with zero attached hydrogens (tertiary/aromatic N) is 2. The highest BCUT2D eigenvalue weighted by Crippen LogP contribution is 2.35. The van der Waals surface area contributed by atoms with Crippen molar-refractivity contribution in [3.63, 3.8) is 0 Å². The minimum absolute atomic E-state index is 0.0795. The molecule has 0 saturated carbocycles. The lowest BCUT2D eigenvalue weighted by atomic mass is 10.0. The van der Waals surface area contributed by atoms with Crippen LogP contribution in [0.2, 0.25) is 0 Å². The first-order valence-corrected chi connectivity index (χ1v) is 7.93. The maximum atomic E-state index is 12.6. The number of benzene rings is 1. The predicted molar refractivity (Wildman–Crippen MR) is 87.0 cm³/mol. The Morgan fingerprint density at radius 1 is 1.38 bits per heavy atom. The van der Waals surface area contributed by atoms with Crippen molar-refractivity contribution >= 4 is 11.9 Å². The van der Waals surface area contributed by atoms with Gasteiger partial charge in [0.1, 0.15) is 6.04 Å². The lowest BCUT2D eigenvalue weighted by molar-refractivity contribution is -0.125. The molecule has 3 amide bonds. The molecular formula is C16H22N4O4. The Morgan fingerprint density at radius 2 is 2.17 bits per heavy atom. The summed E-state index contributed by atoms with van der Waals surface area (Å²) in [5, 5.41) is 5.64. The number of rotatable bonds is 6. The van der Waals surface area contributed by atoms with Crippen LogP contribution in [-0.2, 0) is 4.79 Å². The lowest BCUT2D eigenvalue weighted by Gasteiger charge is -2.24. The van der Waals surface area contributed by atoms with E-state index in [0.29, 0.717) is 37.7 Å². The molecule has 1 atom stereocenters. The van der Waals surface area contributed by atoms with E-state index in [1.807, 2.05) is 37.2 Å². The first-order valence-electron chi connectivity index (χ1n) is 7.93. The average Bonchev–Trinajstić information content (AvgIpc) is 3.16. The smallest absolute Gasteiger partial charge is 0.317 e. The summed E-state index contributed by atoms with van der Waals surface area (Å²) in [6.45, 7) is 2.45. The Hall–Kier alpha value is -2.48. The van der Waals surface area contributed by atoms with Crippen molar-refractivity contribution in [3.8, 4) is 11.5 Å². The Bertz CT molecular complexity index is 635. The first kappa shape index (κ1) is 16.4. The molecule has 0 spiro atoms. The highest BCUT2D eigenvalue weighted by atomic mass is 16.7. The van der Waals surface area contributed by atoms with Crippen molar-refractivity contribution < 1.29 is 19.1 Å². The van der Waals surface area contributed by atoms with Crippen molar-refractivity contribution in [1.29, 1.82) is 0 Å². The number of nitrogens with one attached hydrogen (secondary N) is 2. The van der Waals surface area contributed by atoms with Gasteiger partial charge in [-0.3, -0.25) is 9.69 Å². The molecule has 0 bridgehead atoms. The minimum atomic E-state index is -0.438. The minimum Gasteiger partial charge on any atom is -0.454 e. The molecule has 2 aliphatic heterocycles. The first-order chi connectivity index (χ1) is 11.6.